The Kier molecular flexibility index (Phi) is 5.87. The lowest BCUT2D eigenvalue weighted by Crippen LogP contribution is -2.18. The first-order valence-corrected chi connectivity index (χ1v) is 9.01. The minimum atomic E-state index is -0.562. The van der Waals surface area contributed by atoms with E-state index >= 15 is 0 Å². The van der Waals surface area contributed by atoms with Crippen molar-refractivity contribution in [1.82, 2.24) is 4.98 Å². The van der Waals surface area contributed by atoms with Crippen molar-refractivity contribution in [2.75, 3.05) is 19.0 Å². The number of nitrogens with zero attached hydrogens (tertiary/aromatic N) is 1. The number of amides is 1. The molecule has 0 saturated heterocycles. The molecule has 0 saturated carbocycles. The highest BCUT2D eigenvalue weighted by atomic mass is 16.5. The standard InChI is InChI=1S/C22H20N2O5/c1-4-29-22(27)16-9-10-18(23-13(16)2)20(25)24-19-12-15-8-6-5-7-14(15)11-17(19)21(26)28-3/h5-12H,4H2,1-3H3,(H,24,25). The van der Waals surface area contributed by atoms with E-state index in [1.165, 1.54) is 19.2 Å². The topological polar surface area (TPSA) is 94.6 Å². The molecule has 0 bridgehead atoms. The van der Waals surface area contributed by atoms with Crippen LogP contribution in [0.15, 0.2) is 48.5 Å². The van der Waals surface area contributed by atoms with Crippen LogP contribution in [0.1, 0.15) is 43.8 Å². The summed E-state index contributed by atoms with van der Waals surface area (Å²) >= 11 is 0. The SMILES string of the molecule is CCOC(=O)c1ccc(C(=O)Nc2cc3ccccc3cc2C(=O)OC)nc1C. The second-order valence-electron chi connectivity index (χ2n) is 6.24. The summed E-state index contributed by atoms with van der Waals surface area (Å²) in [4.78, 5) is 41.0. The molecule has 0 fully saturated rings. The molecule has 1 aromatic heterocycles. The normalized spacial score (nSPS) is 10.4. The van der Waals surface area contributed by atoms with E-state index in [0.717, 1.165) is 10.8 Å². The second-order valence-corrected chi connectivity index (χ2v) is 6.24. The van der Waals surface area contributed by atoms with Gasteiger partial charge in [-0.2, -0.15) is 0 Å². The Labute approximate surface area is 167 Å². The van der Waals surface area contributed by atoms with Gasteiger partial charge in [-0.05, 0) is 48.9 Å². The van der Waals surface area contributed by atoms with Crippen molar-refractivity contribution in [1.29, 1.82) is 0 Å². The highest BCUT2D eigenvalue weighted by molar-refractivity contribution is 6.09. The maximum absolute atomic E-state index is 12.7. The van der Waals surface area contributed by atoms with Crippen molar-refractivity contribution in [3.63, 3.8) is 0 Å². The van der Waals surface area contributed by atoms with Crippen LogP contribution in [0.25, 0.3) is 10.8 Å². The zero-order chi connectivity index (χ0) is 21.0. The molecule has 3 aromatic rings. The smallest absolute Gasteiger partial charge is 0.339 e. The maximum Gasteiger partial charge on any atom is 0.339 e. The third-order valence-corrected chi connectivity index (χ3v) is 4.35. The fraction of sp³-hybridized carbons (Fsp3) is 0.182. The number of ether oxygens (including phenoxy) is 2. The van der Waals surface area contributed by atoms with E-state index in [9.17, 15) is 14.4 Å². The molecule has 1 N–H and O–H groups in total. The number of hydrogen-bond acceptors (Lipinski definition) is 6. The van der Waals surface area contributed by atoms with Crippen molar-refractivity contribution >= 4 is 34.3 Å². The molecule has 0 aliphatic rings. The average Bonchev–Trinajstić information content (AvgIpc) is 2.72. The fourth-order valence-corrected chi connectivity index (χ4v) is 2.92. The number of fused-ring (bicyclic) bond motifs is 1. The molecule has 0 radical (unpaired) electrons. The number of rotatable bonds is 5. The van der Waals surface area contributed by atoms with Crippen molar-refractivity contribution in [2.45, 2.75) is 13.8 Å². The zero-order valence-electron chi connectivity index (χ0n) is 16.3. The van der Waals surface area contributed by atoms with E-state index in [-0.39, 0.29) is 17.9 Å². The largest absolute Gasteiger partial charge is 0.465 e. The van der Waals surface area contributed by atoms with Crippen LogP contribution in [0.4, 0.5) is 5.69 Å². The lowest BCUT2D eigenvalue weighted by molar-refractivity contribution is 0.0523. The summed E-state index contributed by atoms with van der Waals surface area (Å²) in [5.74, 6) is -1.57. The molecular formula is C22H20N2O5. The van der Waals surface area contributed by atoms with Gasteiger partial charge in [0.1, 0.15) is 5.69 Å². The molecule has 1 heterocycles. The van der Waals surface area contributed by atoms with Crippen molar-refractivity contribution < 1.29 is 23.9 Å². The van der Waals surface area contributed by atoms with Gasteiger partial charge in [-0.15, -0.1) is 0 Å². The summed E-state index contributed by atoms with van der Waals surface area (Å²) < 4.78 is 9.81. The number of anilines is 1. The van der Waals surface area contributed by atoms with Gasteiger partial charge in [0.15, 0.2) is 0 Å². The number of aryl methyl sites for hydroxylation is 1. The molecule has 148 valence electrons. The molecule has 7 heteroatoms. The first-order chi connectivity index (χ1) is 13.9. The van der Waals surface area contributed by atoms with Gasteiger partial charge in [0, 0.05) is 0 Å². The number of carbonyl (C=O) groups is 3. The minimum Gasteiger partial charge on any atom is -0.465 e. The van der Waals surface area contributed by atoms with Gasteiger partial charge in [-0.25, -0.2) is 14.6 Å². The van der Waals surface area contributed by atoms with Crippen LogP contribution in [0.5, 0.6) is 0 Å². The lowest BCUT2D eigenvalue weighted by Gasteiger charge is -2.12. The monoisotopic (exact) mass is 392 g/mol. The Morgan fingerprint density at radius 2 is 1.66 bits per heavy atom. The summed E-state index contributed by atoms with van der Waals surface area (Å²) in [6, 6.07) is 13.8. The van der Waals surface area contributed by atoms with Crippen molar-refractivity contribution in [3.05, 3.63) is 71.0 Å². The van der Waals surface area contributed by atoms with Gasteiger partial charge in [0.25, 0.3) is 5.91 Å². The van der Waals surface area contributed by atoms with Crippen LogP contribution in [0, 0.1) is 6.92 Å². The highest BCUT2D eigenvalue weighted by Crippen LogP contribution is 2.25. The van der Waals surface area contributed by atoms with Gasteiger partial charge < -0.3 is 14.8 Å². The first kappa shape index (κ1) is 20.0. The number of pyridine rings is 1. The molecule has 7 nitrogen and oxygen atoms in total. The second kappa shape index (κ2) is 8.52. The molecule has 0 aliphatic heterocycles. The van der Waals surface area contributed by atoms with E-state index < -0.39 is 17.8 Å². The van der Waals surface area contributed by atoms with Gasteiger partial charge in [0.05, 0.1) is 36.2 Å². The quantitative estimate of drug-likeness (QED) is 0.665. The van der Waals surface area contributed by atoms with E-state index in [0.29, 0.717) is 16.9 Å². The molecule has 0 spiro atoms. The third kappa shape index (κ3) is 4.24. The van der Waals surface area contributed by atoms with E-state index in [4.69, 9.17) is 9.47 Å². The van der Waals surface area contributed by atoms with Gasteiger partial charge in [-0.1, -0.05) is 24.3 Å². The molecule has 3 rings (SSSR count). The molecule has 1 amide bonds. The van der Waals surface area contributed by atoms with Crippen LogP contribution in [-0.2, 0) is 9.47 Å². The number of esters is 2. The minimum absolute atomic E-state index is 0.111. The molecule has 0 aliphatic carbocycles. The summed E-state index contributed by atoms with van der Waals surface area (Å²) in [5, 5.41) is 4.42. The maximum atomic E-state index is 12.7. The molecule has 2 aromatic carbocycles. The number of nitrogens with one attached hydrogen (secondary N) is 1. The Morgan fingerprint density at radius 3 is 2.28 bits per heavy atom. The number of aromatic nitrogens is 1. The summed E-state index contributed by atoms with van der Waals surface area (Å²) in [6.07, 6.45) is 0. The van der Waals surface area contributed by atoms with Crippen LogP contribution in [-0.4, -0.2) is 36.5 Å². The Hall–Kier alpha value is -3.74. The first-order valence-electron chi connectivity index (χ1n) is 9.01. The fourth-order valence-electron chi connectivity index (χ4n) is 2.92. The Balaban J connectivity index is 1.94. The van der Waals surface area contributed by atoms with E-state index in [2.05, 4.69) is 10.3 Å². The van der Waals surface area contributed by atoms with Crippen LogP contribution in [0.3, 0.4) is 0 Å². The number of carbonyl (C=O) groups excluding carboxylic acids is 3. The molecular weight excluding hydrogens is 372 g/mol. The summed E-state index contributed by atoms with van der Waals surface area (Å²) in [6.45, 7) is 3.59. The highest BCUT2D eigenvalue weighted by Gasteiger charge is 2.18. The molecule has 0 atom stereocenters. The van der Waals surface area contributed by atoms with Gasteiger partial charge in [0.2, 0.25) is 0 Å². The van der Waals surface area contributed by atoms with Gasteiger partial charge >= 0.3 is 11.9 Å². The van der Waals surface area contributed by atoms with E-state index in [1.54, 1.807) is 26.0 Å². The van der Waals surface area contributed by atoms with Crippen molar-refractivity contribution in [2.24, 2.45) is 0 Å². The summed E-state index contributed by atoms with van der Waals surface area (Å²) in [7, 11) is 1.28. The zero-order valence-corrected chi connectivity index (χ0v) is 16.3. The average molecular weight is 392 g/mol. The number of methoxy groups -OCH3 is 1. The Morgan fingerprint density at radius 1 is 0.966 bits per heavy atom. The predicted octanol–water partition coefficient (Wildman–Crippen LogP) is 3.76. The van der Waals surface area contributed by atoms with Crippen LogP contribution >= 0.6 is 0 Å². The third-order valence-electron chi connectivity index (χ3n) is 4.35. The molecule has 29 heavy (non-hydrogen) atoms. The van der Waals surface area contributed by atoms with E-state index in [1.807, 2.05) is 24.3 Å². The van der Waals surface area contributed by atoms with Gasteiger partial charge in [-0.3, -0.25) is 4.79 Å². The molecule has 0 unspecified atom stereocenters. The van der Waals surface area contributed by atoms with Crippen LogP contribution in [0.2, 0.25) is 0 Å². The van der Waals surface area contributed by atoms with Crippen LogP contribution < -0.4 is 5.32 Å². The lowest BCUT2D eigenvalue weighted by atomic mass is 10.0. The Bertz CT molecular complexity index is 1110. The van der Waals surface area contributed by atoms with Crippen molar-refractivity contribution in [3.8, 4) is 0 Å². The predicted molar refractivity (Wildman–Crippen MR) is 108 cm³/mol. The number of benzene rings is 2. The number of hydrogen-bond donors (Lipinski definition) is 1. The summed E-state index contributed by atoms with van der Waals surface area (Å²) in [5.41, 5.74) is 1.33.